The minimum atomic E-state index is -0.910. The van der Waals surface area contributed by atoms with Crippen LogP contribution < -0.4 is 15.8 Å². The number of benzene rings is 1. The Hall–Kier alpha value is -1.59. The van der Waals surface area contributed by atoms with Crippen molar-refractivity contribution in [3.8, 4) is 5.75 Å². The van der Waals surface area contributed by atoms with Gasteiger partial charge in [-0.3, -0.25) is 4.79 Å². The summed E-state index contributed by atoms with van der Waals surface area (Å²) < 4.78 is 11.6. The Labute approximate surface area is 150 Å². The van der Waals surface area contributed by atoms with Crippen LogP contribution in [0.2, 0.25) is 0 Å². The third-order valence-corrected chi connectivity index (χ3v) is 5.74. The van der Waals surface area contributed by atoms with Crippen molar-refractivity contribution in [2.24, 2.45) is 23.0 Å². The second-order valence-electron chi connectivity index (χ2n) is 8.32. The first kappa shape index (κ1) is 18.2. The van der Waals surface area contributed by atoms with Crippen LogP contribution in [0.1, 0.15) is 40.5 Å². The van der Waals surface area contributed by atoms with Crippen LogP contribution in [-0.2, 0) is 9.53 Å². The summed E-state index contributed by atoms with van der Waals surface area (Å²) in [7, 11) is 0. The second-order valence-corrected chi connectivity index (χ2v) is 8.32. The van der Waals surface area contributed by atoms with Crippen molar-refractivity contribution < 1.29 is 14.3 Å². The SMILES string of the molecule is CC(C)COc1cccc(NC(=O)C2(N)C3CCCOC3C2(C)C)c1. The predicted octanol–water partition coefficient (Wildman–Crippen LogP) is 3.19. The van der Waals surface area contributed by atoms with Crippen LogP contribution in [0.4, 0.5) is 5.69 Å². The molecule has 1 aromatic rings. The third kappa shape index (κ3) is 3.04. The molecule has 0 bridgehead atoms. The Morgan fingerprint density at radius 3 is 2.92 bits per heavy atom. The van der Waals surface area contributed by atoms with Crippen LogP contribution in [0.15, 0.2) is 24.3 Å². The van der Waals surface area contributed by atoms with Crippen LogP contribution in [0, 0.1) is 17.3 Å². The van der Waals surface area contributed by atoms with Gasteiger partial charge >= 0.3 is 0 Å². The zero-order valence-electron chi connectivity index (χ0n) is 15.7. The van der Waals surface area contributed by atoms with E-state index in [9.17, 15) is 4.79 Å². The molecular formula is C20H30N2O3. The van der Waals surface area contributed by atoms with Gasteiger partial charge in [0.05, 0.1) is 12.7 Å². The molecule has 1 aliphatic heterocycles. The highest BCUT2D eigenvalue weighted by Gasteiger charge is 2.70. The number of hydrogen-bond donors (Lipinski definition) is 2. The highest BCUT2D eigenvalue weighted by Crippen LogP contribution is 2.57. The molecule has 1 aromatic carbocycles. The molecular weight excluding hydrogens is 316 g/mol. The zero-order valence-corrected chi connectivity index (χ0v) is 15.7. The summed E-state index contributed by atoms with van der Waals surface area (Å²) in [5.41, 5.74) is 6.06. The number of ether oxygens (including phenoxy) is 2. The minimum absolute atomic E-state index is 0.0673. The summed E-state index contributed by atoms with van der Waals surface area (Å²) in [5.74, 6) is 1.15. The molecule has 2 aliphatic rings. The molecule has 0 spiro atoms. The molecule has 5 nitrogen and oxygen atoms in total. The monoisotopic (exact) mass is 346 g/mol. The number of fused-ring (bicyclic) bond motifs is 1. The van der Waals surface area contributed by atoms with Crippen molar-refractivity contribution in [2.75, 3.05) is 18.5 Å². The van der Waals surface area contributed by atoms with E-state index in [1.807, 2.05) is 38.1 Å². The van der Waals surface area contributed by atoms with Crippen LogP contribution >= 0.6 is 0 Å². The molecule has 3 unspecified atom stereocenters. The van der Waals surface area contributed by atoms with Crippen LogP contribution in [-0.4, -0.2) is 30.8 Å². The first-order valence-electron chi connectivity index (χ1n) is 9.21. The lowest BCUT2D eigenvalue weighted by Gasteiger charge is -2.65. The van der Waals surface area contributed by atoms with Gasteiger partial charge in [-0.2, -0.15) is 0 Å². The van der Waals surface area contributed by atoms with Gasteiger partial charge in [-0.05, 0) is 30.9 Å². The molecule has 0 aromatic heterocycles. The maximum absolute atomic E-state index is 13.0. The Balaban J connectivity index is 1.72. The lowest BCUT2D eigenvalue weighted by Crippen LogP contribution is -2.81. The van der Waals surface area contributed by atoms with Crippen molar-refractivity contribution in [1.29, 1.82) is 0 Å². The van der Waals surface area contributed by atoms with Gasteiger partial charge in [0, 0.05) is 29.7 Å². The van der Waals surface area contributed by atoms with Crippen LogP contribution in [0.25, 0.3) is 0 Å². The quantitative estimate of drug-likeness (QED) is 0.859. The molecule has 3 atom stereocenters. The standard InChI is InChI=1S/C20H30N2O3/c1-13(2)12-25-15-8-5-7-14(11-15)22-18(23)20(21)16-9-6-10-24-17(16)19(20,3)4/h5,7-8,11,13,16-17H,6,9-10,12,21H2,1-4H3,(H,22,23). The van der Waals surface area contributed by atoms with E-state index in [1.54, 1.807) is 0 Å². The van der Waals surface area contributed by atoms with Gasteiger partial charge in [0.1, 0.15) is 11.3 Å². The van der Waals surface area contributed by atoms with E-state index in [-0.39, 0.29) is 23.3 Å². The highest BCUT2D eigenvalue weighted by atomic mass is 16.5. The van der Waals surface area contributed by atoms with E-state index in [0.29, 0.717) is 18.2 Å². The lowest BCUT2D eigenvalue weighted by molar-refractivity contribution is -0.222. The average molecular weight is 346 g/mol. The summed E-state index contributed by atoms with van der Waals surface area (Å²) in [6.45, 7) is 9.67. The van der Waals surface area contributed by atoms with E-state index in [4.69, 9.17) is 15.2 Å². The molecule has 0 radical (unpaired) electrons. The number of nitrogens with one attached hydrogen (secondary N) is 1. The van der Waals surface area contributed by atoms with E-state index in [2.05, 4.69) is 19.2 Å². The number of amides is 1. The van der Waals surface area contributed by atoms with Gasteiger partial charge in [-0.1, -0.05) is 33.8 Å². The van der Waals surface area contributed by atoms with Crippen molar-refractivity contribution >= 4 is 11.6 Å². The van der Waals surface area contributed by atoms with Crippen molar-refractivity contribution in [3.05, 3.63) is 24.3 Å². The lowest BCUT2D eigenvalue weighted by atomic mass is 9.46. The topological polar surface area (TPSA) is 73.6 Å². The highest BCUT2D eigenvalue weighted by molar-refractivity contribution is 6.00. The Morgan fingerprint density at radius 2 is 2.20 bits per heavy atom. The van der Waals surface area contributed by atoms with Gasteiger partial charge in [0.25, 0.3) is 0 Å². The number of rotatable bonds is 5. The van der Waals surface area contributed by atoms with Gasteiger partial charge in [-0.25, -0.2) is 0 Å². The van der Waals surface area contributed by atoms with Crippen LogP contribution in [0.3, 0.4) is 0 Å². The molecule has 1 heterocycles. The molecule has 1 saturated carbocycles. The molecule has 1 amide bonds. The van der Waals surface area contributed by atoms with Crippen molar-refractivity contribution in [1.82, 2.24) is 0 Å². The number of hydrogen-bond acceptors (Lipinski definition) is 4. The molecule has 3 N–H and O–H groups in total. The summed E-state index contributed by atoms with van der Waals surface area (Å²) in [4.78, 5) is 13.0. The Morgan fingerprint density at radius 1 is 1.44 bits per heavy atom. The number of anilines is 1. The molecule has 5 heteroatoms. The van der Waals surface area contributed by atoms with E-state index >= 15 is 0 Å². The Bertz CT molecular complexity index is 644. The van der Waals surface area contributed by atoms with E-state index in [1.165, 1.54) is 0 Å². The summed E-state index contributed by atoms with van der Waals surface area (Å²) in [6.07, 6.45) is 1.97. The van der Waals surface area contributed by atoms with Gasteiger partial charge in [-0.15, -0.1) is 0 Å². The van der Waals surface area contributed by atoms with Gasteiger partial charge < -0.3 is 20.5 Å². The summed E-state index contributed by atoms with van der Waals surface area (Å²) in [5, 5.41) is 3.00. The molecule has 1 aliphatic carbocycles. The molecule has 138 valence electrons. The fraction of sp³-hybridized carbons (Fsp3) is 0.650. The first-order chi connectivity index (χ1) is 11.8. The summed E-state index contributed by atoms with van der Waals surface area (Å²) >= 11 is 0. The molecule has 1 saturated heterocycles. The molecule has 3 rings (SSSR count). The average Bonchev–Trinajstić information content (AvgIpc) is 2.59. The maximum Gasteiger partial charge on any atom is 0.245 e. The van der Waals surface area contributed by atoms with Gasteiger partial charge in [0.15, 0.2) is 0 Å². The smallest absolute Gasteiger partial charge is 0.245 e. The zero-order chi connectivity index (χ0) is 18.2. The number of carbonyl (C=O) groups excluding carboxylic acids is 1. The van der Waals surface area contributed by atoms with Gasteiger partial charge in [0.2, 0.25) is 5.91 Å². The minimum Gasteiger partial charge on any atom is -0.493 e. The molecule has 25 heavy (non-hydrogen) atoms. The normalized spacial score (nSPS) is 30.3. The van der Waals surface area contributed by atoms with E-state index < -0.39 is 5.54 Å². The van der Waals surface area contributed by atoms with Crippen molar-refractivity contribution in [3.63, 3.8) is 0 Å². The van der Waals surface area contributed by atoms with E-state index in [0.717, 1.165) is 25.2 Å². The Kier molecular flexibility index (Phi) is 4.82. The first-order valence-corrected chi connectivity index (χ1v) is 9.21. The number of nitrogens with two attached hydrogens (primary N) is 1. The fourth-order valence-electron chi connectivity index (χ4n) is 4.20. The van der Waals surface area contributed by atoms with Crippen molar-refractivity contribution in [2.45, 2.75) is 52.2 Å². The number of carbonyl (C=O) groups is 1. The second kappa shape index (κ2) is 6.61. The maximum atomic E-state index is 13.0. The predicted molar refractivity (Wildman–Crippen MR) is 98.6 cm³/mol. The van der Waals surface area contributed by atoms with Crippen LogP contribution in [0.5, 0.6) is 5.75 Å². The fourth-order valence-corrected chi connectivity index (χ4v) is 4.20. The summed E-state index contributed by atoms with van der Waals surface area (Å²) in [6, 6.07) is 7.50. The molecule has 2 fully saturated rings. The third-order valence-electron chi connectivity index (χ3n) is 5.74. The largest absolute Gasteiger partial charge is 0.493 e.